The fraction of sp³-hybridized carbons (Fsp3) is 0.278. The molecule has 11 heteroatoms. The highest BCUT2D eigenvalue weighted by atomic mass is 31.1. The van der Waals surface area contributed by atoms with Crippen molar-refractivity contribution in [3.8, 4) is 0 Å². The highest BCUT2D eigenvalue weighted by molar-refractivity contribution is 7.17. The van der Waals surface area contributed by atoms with Crippen LogP contribution >= 0.6 is 8.69 Å². The third-order valence-electron chi connectivity index (χ3n) is 3.83. The molecule has 29 heavy (non-hydrogen) atoms. The maximum absolute atomic E-state index is 13.3. The van der Waals surface area contributed by atoms with Crippen molar-refractivity contribution < 1.29 is 45.0 Å². The summed E-state index contributed by atoms with van der Waals surface area (Å²) in [5.41, 5.74) is -5.20. The number of carbonyl (C=O) groups excluding carboxylic acids is 1. The monoisotopic (exact) mass is 438 g/mol. The Morgan fingerprint density at radius 3 is 2.03 bits per heavy atom. The minimum atomic E-state index is -5.17. The highest BCUT2D eigenvalue weighted by Crippen LogP contribution is 2.40. The molecule has 156 valence electrons. The maximum Gasteiger partial charge on any atom is 0.417 e. The molecule has 2 aromatic carbocycles. The molecule has 0 aliphatic rings. The molecule has 2 rings (SSSR count). The molecule has 0 aliphatic carbocycles. The first kappa shape index (κ1) is 23.0. The molecule has 0 spiro atoms. The van der Waals surface area contributed by atoms with E-state index >= 15 is 0 Å². The summed E-state index contributed by atoms with van der Waals surface area (Å²) >= 11 is 0. The lowest BCUT2D eigenvalue weighted by Gasteiger charge is -2.19. The smallest absolute Gasteiger partial charge is 0.347 e. The van der Waals surface area contributed by atoms with E-state index in [4.69, 9.17) is 4.74 Å². The van der Waals surface area contributed by atoms with Crippen molar-refractivity contribution in [2.75, 3.05) is 0 Å². The fourth-order valence-electron chi connectivity index (χ4n) is 2.57. The van der Waals surface area contributed by atoms with Crippen LogP contribution in [0.4, 0.5) is 26.3 Å². The third kappa shape index (κ3) is 5.62. The van der Waals surface area contributed by atoms with Gasteiger partial charge in [0.2, 0.25) is 0 Å². The molecule has 0 saturated heterocycles. The standard InChI is InChI=1S/C18H13F6O4P/c1-10(28-29-26)27-9-11-5-2-3-6-12(11)16(25)15-13(17(19,20)21)7-4-8-14(15)18(22,23)24/h2-8,10H,9H2,1H3. The summed E-state index contributed by atoms with van der Waals surface area (Å²) in [6.45, 7) is 1.00. The largest absolute Gasteiger partial charge is 0.417 e. The molecule has 0 bridgehead atoms. The zero-order valence-electron chi connectivity index (χ0n) is 14.7. The molecule has 0 fully saturated rings. The van der Waals surface area contributed by atoms with E-state index < -0.39 is 49.8 Å². The number of carbonyl (C=O) groups is 1. The summed E-state index contributed by atoms with van der Waals surface area (Å²) in [6, 6.07) is 6.60. The van der Waals surface area contributed by atoms with E-state index in [-0.39, 0.29) is 17.7 Å². The lowest BCUT2D eigenvalue weighted by Crippen LogP contribution is -2.21. The average molecular weight is 438 g/mol. The van der Waals surface area contributed by atoms with Gasteiger partial charge in [-0.05, 0) is 24.6 Å². The molecule has 1 unspecified atom stereocenters. The minimum Gasteiger partial charge on any atom is -0.347 e. The van der Waals surface area contributed by atoms with Crippen LogP contribution in [0, 0.1) is 0 Å². The van der Waals surface area contributed by atoms with Gasteiger partial charge in [-0.25, -0.2) is 4.57 Å². The number of rotatable bonds is 7. The lowest BCUT2D eigenvalue weighted by atomic mass is 9.91. The molecule has 0 saturated carbocycles. The predicted molar refractivity (Wildman–Crippen MR) is 89.3 cm³/mol. The van der Waals surface area contributed by atoms with E-state index in [1.54, 1.807) is 0 Å². The van der Waals surface area contributed by atoms with Crippen molar-refractivity contribution >= 4 is 14.5 Å². The van der Waals surface area contributed by atoms with Crippen LogP contribution in [0.1, 0.15) is 39.5 Å². The van der Waals surface area contributed by atoms with Gasteiger partial charge in [0.15, 0.2) is 12.1 Å². The van der Waals surface area contributed by atoms with E-state index in [0.717, 1.165) is 6.07 Å². The number of alkyl halides is 6. The second-order valence-corrected chi connectivity index (χ2v) is 6.13. The van der Waals surface area contributed by atoms with Crippen LogP contribution in [-0.2, 0) is 32.8 Å². The fourth-order valence-corrected chi connectivity index (χ4v) is 2.75. The SMILES string of the molecule is CC(OCc1ccccc1C(=O)c1c(C(F)(F)F)cccc1C(F)(F)F)OP=O. The first-order valence-corrected chi connectivity index (χ1v) is 8.70. The molecule has 4 nitrogen and oxygen atoms in total. The van der Waals surface area contributed by atoms with E-state index in [1.165, 1.54) is 25.1 Å². The summed E-state index contributed by atoms with van der Waals surface area (Å²) in [7, 11) is -0.682. The van der Waals surface area contributed by atoms with Gasteiger partial charge in [-0.15, -0.1) is 0 Å². The summed E-state index contributed by atoms with van der Waals surface area (Å²) in [6.07, 6.45) is -11.3. The highest BCUT2D eigenvalue weighted by Gasteiger charge is 2.43. The Balaban J connectivity index is 2.57. The molecule has 2 aromatic rings. The van der Waals surface area contributed by atoms with Gasteiger partial charge < -0.3 is 4.74 Å². The van der Waals surface area contributed by atoms with Crippen LogP contribution < -0.4 is 0 Å². The lowest BCUT2D eigenvalue weighted by molar-refractivity contribution is -0.143. The van der Waals surface area contributed by atoms with Crippen LogP contribution in [0.3, 0.4) is 0 Å². The van der Waals surface area contributed by atoms with E-state index in [1.807, 2.05) is 0 Å². The molecule has 0 aliphatic heterocycles. The molecule has 0 heterocycles. The van der Waals surface area contributed by atoms with E-state index in [0.29, 0.717) is 18.2 Å². The summed E-state index contributed by atoms with van der Waals surface area (Å²) in [5, 5.41) is 0. The Kier molecular flexibility index (Phi) is 7.15. The number of hydrogen-bond acceptors (Lipinski definition) is 4. The first-order valence-electron chi connectivity index (χ1n) is 7.97. The molecule has 0 radical (unpaired) electrons. The van der Waals surface area contributed by atoms with Crippen LogP contribution in [0.25, 0.3) is 0 Å². The predicted octanol–water partition coefficient (Wildman–Crippen LogP) is 6.04. The molecular formula is C18H13F6O4P. The number of benzene rings is 2. The molecule has 0 aromatic heterocycles. The van der Waals surface area contributed by atoms with E-state index in [9.17, 15) is 35.7 Å². The summed E-state index contributed by atoms with van der Waals surface area (Å²) in [5.74, 6) is -1.44. The first-order chi connectivity index (χ1) is 13.5. The zero-order valence-corrected chi connectivity index (χ0v) is 15.6. The molecule has 1 atom stereocenters. The van der Waals surface area contributed by atoms with Gasteiger partial charge in [-0.2, -0.15) is 26.3 Å². The van der Waals surface area contributed by atoms with Crippen LogP contribution in [0.2, 0.25) is 0 Å². The van der Waals surface area contributed by atoms with Gasteiger partial charge in [0, 0.05) is 11.1 Å². The molecular weight excluding hydrogens is 425 g/mol. The Bertz CT molecular complexity index is 862. The van der Waals surface area contributed by atoms with E-state index in [2.05, 4.69) is 4.52 Å². The van der Waals surface area contributed by atoms with Gasteiger partial charge in [0.25, 0.3) is 0 Å². The number of ether oxygens (including phenoxy) is 1. The van der Waals surface area contributed by atoms with Gasteiger partial charge in [-0.1, -0.05) is 30.3 Å². The van der Waals surface area contributed by atoms with Crippen molar-refractivity contribution in [2.24, 2.45) is 0 Å². The van der Waals surface area contributed by atoms with Gasteiger partial charge in [0.05, 0.1) is 17.7 Å². The Morgan fingerprint density at radius 1 is 0.966 bits per heavy atom. The van der Waals surface area contributed by atoms with Crippen LogP contribution in [-0.4, -0.2) is 12.1 Å². The molecule has 0 N–H and O–H groups in total. The Morgan fingerprint density at radius 2 is 1.52 bits per heavy atom. The van der Waals surface area contributed by atoms with Gasteiger partial charge in [0.1, 0.15) is 0 Å². The van der Waals surface area contributed by atoms with Crippen LogP contribution in [0.5, 0.6) is 0 Å². The number of halogens is 6. The quantitative estimate of drug-likeness (QED) is 0.229. The minimum absolute atomic E-state index is 0.0422. The van der Waals surface area contributed by atoms with Gasteiger partial charge >= 0.3 is 21.0 Å². The average Bonchev–Trinajstić information content (AvgIpc) is 2.64. The normalized spacial score (nSPS) is 13.5. The summed E-state index contributed by atoms with van der Waals surface area (Å²) in [4.78, 5) is 12.8. The zero-order chi connectivity index (χ0) is 21.8. The second kappa shape index (κ2) is 9.02. The second-order valence-electron chi connectivity index (χ2n) is 5.77. The Labute approximate surface area is 162 Å². The summed E-state index contributed by atoms with van der Waals surface area (Å²) < 4.78 is 100. The van der Waals surface area contributed by atoms with Gasteiger partial charge in [-0.3, -0.25) is 9.32 Å². The third-order valence-corrected chi connectivity index (χ3v) is 4.21. The van der Waals surface area contributed by atoms with Crippen molar-refractivity contribution in [1.82, 2.24) is 0 Å². The number of hydrogen-bond donors (Lipinski definition) is 0. The van der Waals surface area contributed by atoms with Crippen molar-refractivity contribution in [1.29, 1.82) is 0 Å². The Hall–Kier alpha value is -2.29. The van der Waals surface area contributed by atoms with Crippen molar-refractivity contribution in [2.45, 2.75) is 32.2 Å². The molecule has 0 amide bonds. The number of ketones is 1. The topological polar surface area (TPSA) is 52.6 Å². The van der Waals surface area contributed by atoms with Crippen molar-refractivity contribution in [3.05, 3.63) is 70.3 Å². The maximum atomic E-state index is 13.3. The van der Waals surface area contributed by atoms with Crippen molar-refractivity contribution in [3.63, 3.8) is 0 Å². The van der Waals surface area contributed by atoms with Crippen LogP contribution in [0.15, 0.2) is 42.5 Å².